The molecule has 4 unspecified atom stereocenters. The topological polar surface area (TPSA) is 196 Å². The van der Waals surface area contributed by atoms with Gasteiger partial charge < -0.3 is 32.3 Å². The molecule has 0 aliphatic heterocycles. The zero-order chi connectivity index (χ0) is 35.4. The number of hydrogen-bond donors (Lipinski definition) is 7. The molecule has 1 aromatic rings. The molecule has 1 heterocycles. The molecule has 8 N–H and O–H groups in total. The van der Waals surface area contributed by atoms with Crippen LogP contribution in [-0.2, 0) is 19.2 Å². The van der Waals surface area contributed by atoms with E-state index in [1.54, 1.807) is 13.0 Å². The molecular weight excluding hydrogens is 590 g/mol. The SMILES string of the molecule is C=CCCC(=O)NC(CN[C@@H](C)C(=O)NC(C(=O)NCC)C(C)C)CC(C)C.CCC(C)C(NC(=O)c1cc[n+](O)cc1)C(N)=O. The second-order valence-electron chi connectivity index (χ2n) is 12.2. The summed E-state index contributed by atoms with van der Waals surface area (Å²) in [6.45, 7) is 20.0. The van der Waals surface area contributed by atoms with E-state index in [0.29, 0.717) is 37.4 Å². The van der Waals surface area contributed by atoms with Crippen LogP contribution in [0.25, 0.3) is 0 Å². The van der Waals surface area contributed by atoms with Gasteiger partial charge in [-0.05, 0) is 44.4 Å². The average molecular weight is 649 g/mol. The summed E-state index contributed by atoms with van der Waals surface area (Å²) in [5, 5.41) is 23.4. The fourth-order valence-corrected chi connectivity index (χ4v) is 4.33. The highest BCUT2D eigenvalue weighted by Crippen LogP contribution is 2.09. The predicted octanol–water partition coefficient (Wildman–Crippen LogP) is 1.58. The van der Waals surface area contributed by atoms with Crippen LogP contribution in [0.3, 0.4) is 0 Å². The number of carbonyl (C=O) groups excluding carboxylic acids is 5. The normalized spacial score (nSPS) is 14.0. The Morgan fingerprint density at radius 2 is 1.54 bits per heavy atom. The number of nitrogens with zero attached hydrogens (tertiary/aromatic N) is 1. The van der Waals surface area contributed by atoms with Crippen molar-refractivity contribution in [2.75, 3.05) is 13.1 Å². The summed E-state index contributed by atoms with van der Waals surface area (Å²) in [5.74, 6) is -0.986. The van der Waals surface area contributed by atoms with Crippen molar-refractivity contribution < 1.29 is 33.9 Å². The fraction of sp³-hybridized carbons (Fsp3) is 0.636. The van der Waals surface area contributed by atoms with E-state index in [1.165, 1.54) is 24.5 Å². The van der Waals surface area contributed by atoms with E-state index in [-0.39, 0.29) is 41.5 Å². The first kappa shape index (κ1) is 42.0. The summed E-state index contributed by atoms with van der Waals surface area (Å²) in [7, 11) is 0. The van der Waals surface area contributed by atoms with E-state index in [1.807, 2.05) is 34.6 Å². The molecule has 0 radical (unpaired) electrons. The lowest BCUT2D eigenvalue weighted by Gasteiger charge is -2.26. The summed E-state index contributed by atoms with van der Waals surface area (Å²) in [5.41, 5.74) is 5.62. The number of pyridine rings is 1. The molecule has 0 saturated carbocycles. The van der Waals surface area contributed by atoms with Crippen molar-refractivity contribution in [2.45, 2.75) is 105 Å². The Bertz CT molecular complexity index is 1110. The summed E-state index contributed by atoms with van der Waals surface area (Å²) in [6.07, 6.45) is 6.99. The summed E-state index contributed by atoms with van der Waals surface area (Å²) in [6, 6.07) is 1.10. The highest BCUT2D eigenvalue weighted by molar-refractivity contribution is 5.97. The van der Waals surface area contributed by atoms with Gasteiger partial charge in [0.25, 0.3) is 5.91 Å². The van der Waals surface area contributed by atoms with Crippen LogP contribution in [0.1, 0.15) is 91.4 Å². The van der Waals surface area contributed by atoms with Crippen molar-refractivity contribution in [3.05, 3.63) is 42.7 Å². The Morgan fingerprint density at radius 1 is 0.935 bits per heavy atom. The van der Waals surface area contributed by atoms with E-state index >= 15 is 0 Å². The number of hydrogen-bond acceptors (Lipinski definition) is 7. The number of rotatable bonds is 19. The third-order valence-corrected chi connectivity index (χ3v) is 7.24. The van der Waals surface area contributed by atoms with E-state index < -0.39 is 24.0 Å². The van der Waals surface area contributed by atoms with Gasteiger partial charge in [0.05, 0.1) is 11.6 Å². The number of allylic oxidation sites excluding steroid dienone is 1. The first-order valence-electron chi connectivity index (χ1n) is 16.1. The second kappa shape index (κ2) is 22.5. The van der Waals surface area contributed by atoms with Gasteiger partial charge in [0.2, 0.25) is 36.0 Å². The van der Waals surface area contributed by atoms with Crippen LogP contribution in [-0.4, -0.2) is 72.0 Å². The zero-order valence-corrected chi connectivity index (χ0v) is 28.9. The molecule has 0 bridgehead atoms. The number of aromatic nitrogens is 1. The standard InChI is InChI=1S/C21H40N4O3.C12H17N3O3/c1-8-10-11-18(26)24-17(12-14(3)4)13-23-16(7)20(27)25-19(15(5)6)21(28)22-9-2;1-3-8(2)10(11(13)16)14-12(17)9-4-6-15(18)7-5-9/h8,14-17,19,23H,1,9-13H2,2-7H3,(H,22,28)(H,24,26)(H,25,27);4-8,10H,3H2,1-2H3,(H3-,13,14,16,17,18)/p+1/t16-,17?,19?;/m0./s1. The van der Waals surface area contributed by atoms with Gasteiger partial charge in [-0.1, -0.05) is 54.0 Å². The monoisotopic (exact) mass is 648 g/mol. The van der Waals surface area contributed by atoms with Crippen LogP contribution in [0, 0.1) is 17.8 Å². The van der Waals surface area contributed by atoms with Crippen molar-refractivity contribution in [1.29, 1.82) is 0 Å². The van der Waals surface area contributed by atoms with Gasteiger partial charge in [-0.15, -0.1) is 6.58 Å². The molecule has 5 atom stereocenters. The number of nitrogens with one attached hydrogen (secondary N) is 5. The molecule has 13 heteroatoms. The molecule has 0 aliphatic rings. The van der Waals surface area contributed by atoms with Crippen molar-refractivity contribution in [2.24, 2.45) is 23.5 Å². The van der Waals surface area contributed by atoms with Crippen molar-refractivity contribution >= 4 is 29.5 Å². The van der Waals surface area contributed by atoms with Gasteiger partial charge in [-0.2, -0.15) is 0 Å². The Hall–Kier alpha value is -4.00. The molecule has 0 aliphatic carbocycles. The number of primary amides is 1. The number of likely N-dealkylation sites (N-methyl/N-ethyl adjacent to an activating group) is 1. The van der Waals surface area contributed by atoms with Crippen LogP contribution in [0.15, 0.2) is 37.2 Å². The van der Waals surface area contributed by atoms with Crippen LogP contribution in [0.2, 0.25) is 0 Å². The van der Waals surface area contributed by atoms with Gasteiger partial charge in [0.1, 0.15) is 12.1 Å². The number of amides is 5. The smallest absolute Gasteiger partial charge is 0.252 e. The Morgan fingerprint density at radius 3 is 2.02 bits per heavy atom. The summed E-state index contributed by atoms with van der Waals surface area (Å²) < 4.78 is 0.830. The second-order valence-corrected chi connectivity index (χ2v) is 12.2. The molecule has 0 aromatic carbocycles. The molecule has 0 spiro atoms. The molecule has 260 valence electrons. The minimum absolute atomic E-state index is 0.0134. The Kier molecular flexibility index (Phi) is 20.5. The minimum Gasteiger partial charge on any atom is -0.368 e. The van der Waals surface area contributed by atoms with Gasteiger partial charge in [0, 0.05) is 42.4 Å². The van der Waals surface area contributed by atoms with Crippen LogP contribution < -0.4 is 37.0 Å². The predicted molar refractivity (Wildman–Crippen MR) is 177 cm³/mol. The Balaban J connectivity index is 0.000000964. The molecule has 1 aromatic heterocycles. The molecule has 0 saturated heterocycles. The van der Waals surface area contributed by atoms with Gasteiger partial charge >= 0.3 is 0 Å². The van der Waals surface area contributed by atoms with Gasteiger partial charge in [0.15, 0.2) is 0 Å². The maximum atomic E-state index is 12.5. The molecule has 5 amide bonds. The highest BCUT2D eigenvalue weighted by atomic mass is 16.5. The molecule has 1 rings (SSSR count). The van der Waals surface area contributed by atoms with Crippen molar-refractivity contribution in [3.8, 4) is 0 Å². The molecule has 0 fully saturated rings. The Labute approximate surface area is 274 Å². The van der Waals surface area contributed by atoms with E-state index in [2.05, 4.69) is 47.0 Å². The lowest BCUT2D eigenvalue weighted by atomic mass is 9.98. The van der Waals surface area contributed by atoms with Crippen LogP contribution >= 0.6 is 0 Å². The largest absolute Gasteiger partial charge is 0.368 e. The van der Waals surface area contributed by atoms with E-state index in [9.17, 15) is 24.0 Å². The highest BCUT2D eigenvalue weighted by Gasteiger charge is 2.27. The lowest BCUT2D eigenvalue weighted by Crippen LogP contribution is -2.55. The average Bonchev–Trinajstić information content (AvgIpc) is 2.99. The van der Waals surface area contributed by atoms with Gasteiger partial charge in [-0.3, -0.25) is 29.2 Å². The first-order chi connectivity index (χ1) is 21.6. The van der Waals surface area contributed by atoms with E-state index in [0.717, 1.165) is 17.6 Å². The number of carbonyl (C=O) groups is 5. The first-order valence-corrected chi connectivity index (χ1v) is 16.1. The third kappa shape index (κ3) is 16.9. The van der Waals surface area contributed by atoms with Gasteiger partial charge in [-0.25, -0.2) is 0 Å². The summed E-state index contributed by atoms with van der Waals surface area (Å²) in [4.78, 5) is 59.8. The quantitative estimate of drug-likeness (QED) is 0.0672. The summed E-state index contributed by atoms with van der Waals surface area (Å²) >= 11 is 0. The molecule has 46 heavy (non-hydrogen) atoms. The van der Waals surface area contributed by atoms with Crippen LogP contribution in [0.5, 0.6) is 0 Å². The number of nitrogens with two attached hydrogens (primary N) is 1. The maximum Gasteiger partial charge on any atom is 0.252 e. The van der Waals surface area contributed by atoms with E-state index in [4.69, 9.17) is 10.9 Å². The van der Waals surface area contributed by atoms with Crippen LogP contribution in [0.4, 0.5) is 0 Å². The molecular formula is C33H58N7O6+. The zero-order valence-electron chi connectivity index (χ0n) is 28.9. The maximum absolute atomic E-state index is 12.5. The van der Waals surface area contributed by atoms with Crippen molar-refractivity contribution in [1.82, 2.24) is 26.6 Å². The third-order valence-electron chi connectivity index (χ3n) is 7.24. The minimum atomic E-state index is -0.691. The van der Waals surface area contributed by atoms with Crippen molar-refractivity contribution in [3.63, 3.8) is 0 Å². The lowest BCUT2D eigenvalue weighted by molar-refractivity contribution is -0.904. The fourth-order valence-electron chi connectivity index (χ4n) is 4.33. The molecule has 13 nitrogen and oxygen atoms in total.